The van der Waals surface area contributed by atoms with Gasteiger partial charge in [-0.1, -0.05) is 51.8 Å². The van der Waals surface area contributed by atoms with Crippen molar-refractivity contribution in [1.29, 1.82) is 0 Å². The zero-order valence-corrected chi connectivity index (χ0v) is 53.7. The van der Waals surface area contributed by atoms with E-state index >= 15 is 0 Å². The third-order valence-corrected chi connectivity index (χ3v) is 16.4. The summed E-state index contributed by atoms with van der Waals surface area (Å²) in [4.78, 5) is 120. The van der Waals surface area contributed by atoms with Crippen LogP contribution in [0.25, 0.3) is 20.9 Å². The molecule has 2 aromatic rings. The van der Waals surface area contributed by atoms with Gasteiger partial charge in [-0.3, -0.25) is 48.9 Å². The van der Waals surface area contributed by atoms with E-state index in [0.717, 1.165) is 12.5 Å². The minimum atomic E-state index is -2.60. The van der Waals surface area contributed by atoms with Gasteiger partial charge in [-0.2, -0.15) is 0 Å². The SMILES string of the molecule is CC(C)(C)OC([O-])=NCC(=O)ON1C(=O)CCC1=O.CO[Si](CCCN)(OC)OC.CO[Si](CCCNC(=O)CN=C([O-])OC(C)(C)C)(OC)OC.[N-]=[N+]=Nc1c(F)c(F)c(C(=O)NC=O)c(F)c1F.[N-]=[N+]=Nc1c(F)c(F)c(C(=O)ON2C(=O)CCC2=O)c(F)c1F. The molecule has 2 fully saturated rings. The van der Waals surface area contributed by atoms with E-state index in [1.165, 1.54) is 26.6 Å². The Bertz CT molecular complexity index is 3060. The summed E-state index contributed by atoms with van der Waals surface area (Å²) in [5, 5.41) is 31.7. The van der Waals surface area contributed by atoms with Crippen LogP contribution in [0, 0.1) is 46.5 Å². The maximum absolute atomic E-state index is 13.7. The second-order valence-electron chi connectivity index (χ2n) is 19.5. The van der Waals surface area contributed by atoms with E-state index in [4.69, 9.17) is 52.8 Å². The van der Waals surface area contributed by atoms with Crippen LogP contribution in [0.3, 0.4) is 0 Å². The van der Waals surface area contributed by atoms with Crippen molar-refractivity contribution in [3.05, 3.63) is 78.6 Å². The molecule has 7 amide bonds. The van der Waals surface area contributed by atoms with Gasteiger partial charge in [0.15, 0.2) is 46.5 Å². The molecule has 0 aliphatic carbocycles. The summed E-state index contributed by atoms with van der Waals surface area (Å²) in [5.74, 6) is -25.0. The van der Waals surface area contributed by atoms with Crippen molar-refractivity contribution in [1.82, 2.24) is 20.8 Å². The number of azide groups is 2. The average molecular weight is 1380 g/mol. The molecule has 4 rings (SSSR count). The van der Waals surface area contributed by atoms with Gasteiger partial charge in [0.1, 0.15) is 47.8 Å². The van der Waals surface area contributed by atoms with Crippen molar-refractivity contribution in [3.8, 4) is 0 Å². The third-order valence-electron chi connectivity index (χ3n) is 10.8. The van der Waals surface area contributed by atoms with Crippen molar-refractivity contribution in [2.75, 3.05) is 68.8 Å². The molecule has 0 spiro atoms. The predicted octanol–water partition coefficient (Wildman–Crippen LogP) is 3.72. The Kier molecular flexibility index (Phi) is 36.2. The zero-order chi connectivity index (χ0) is 71.8. The molecule has 2 heterocycles. The second kappa shape index (κ2) is 40.1. The highest BCUT2D eigenvalue weighted by atomic mass is 28.4. The summed E-state index contributed by atoms with van der Waals surface area (Å²) < 4.78 is 148. The second-order valence-corrected chi connectivity index (χ2v) is 25.6. The van der Waals surface area contributed by atoms with Crippen molar-refractivity contribution in [2.45, 2.75) is 103 Å². The zero-order valence-electron chi connectivity index (χ0n) is 51.7. The summed E-state index contributed by atoms with van der Waals surface area (Å²) in [6.07, 6.45) is -0.939. The van der Waals surface area contributed by atoms with Crippen molar-refractivity contribution in [3.63, 3.8) is 0 Å². The molecule has 2 aliphatic heterocycles. The normalized spacial score (nSPS) is 13.3. The highest BCUT2D eigenvalue weighted by Crippen LogP contribution is 2.32. The number of rotatable bonds is 24. The van der Waals surface area contributed by atoms with Crippen molar-refractivity contribution >= 4 is 94.9 Å². The topological polar surface area (TPSA) is 471 Å². The van der Waals surface area contributed by atoms with E-state index in [2.05, 4.69) is 35.2 Å². The highest BCUT2D eigenvalue weighted by Gasteiger charge is 2.39. The van der Waals surface area contributed by atoms with Gasteiger partial charge in [0, 0.05) is 108 Å². The van der Waals surface area contributed by atoms with Crippen LogP contribution in [0.5, 0.6) is 0 Å². The molecule has 0 saturated carbocycles. The van der Waals surface area contributed by atoms with E-state index in [9.17, 15) is 88.5 Å². The molecule has 44 heteroatoms. The van der Waals surface area contributed by atoms with Gasteiger partial charge in [0.2, 0.25) is 12.3 Å². The van der Waals surface area contributed by atoms with E-state index in [1.54, 1.807) is 62.9 Å². The molecule has 0 unspecified atom stereocenters. The number of ether oxygens (including phenoxy) is 2. The average Bonchev–Trinajstić information content (AvgIpc) is 1.29. The molecule has 2 aliphatic rings. The summed E-state index contributed by atoms with van der Waals surface area (Å²) in [6.45, 7) is 10.4. The lowest BCUT2D eigenvalue weighted by atomic mass is 10.1. The van der Waals surface area contributed by atoms with Crippen LogP contribution in [-0.2, 0) is 79.3 Å². The Morgan fingerprint density at radius 2 is 0.925 bits per heavy atom. The van der Waals surface area contributed by atoms with E-state index < -0.39 is 158 Å². The minimum absolute atomic E-state index is 0.00925. The highest BCUT2D eigenvalue weighted by molar-refractivity contribution is 6.60. The number of imide groups is 3. The number of hydrogen-bond acceptors (Lipinski definition) is 26. The number of nitrogens with zero attached hydrogens (tertiary/aromatic N) is 10. The Morgan fingerprint density at radius 1 is 0.581 bits per heavy atom. The molecule has 0 aromatic heterocycles. The number of carbonyl (C=O) groups excluding carboxylic acids is 9. The lowest BCUT2D eigenvalue weighted by molar-refractivity contribution is -0.261. The Balaban J connectivity index is 0.00000116. The largest absolute Gasteiger partial charge is 0.595 e. The first-order chi connectivity index (χ1) is 43.3. The molecule has 93 heavy (non-hydrogen) atoms. The molecule has 518 valence electrons. The molecule has 34 nitrogen and oxygen atoms in total. The minimum Gasteiger partial charge on any atom is -0.595 e. The van der Waals surface area contributed by atoms with Crippen LogP contribution in [0.1, 0.15) is 101 Å². The number of hydroxylamine groups is 4. The number of amides is 7. The molecule has 2 aromatic carbocycles. The molecule has 4 N–H and O–H groups in total. The maximum Gasteiger partial charge on any atom is 0.500 e. The van der Waals surface area contributed by atoms with Crippen LogP contribution in [0.15, 0.2) is 20.2 Å². The first-order valence-corrected chi connectivity index (χ1v) is 30.0. The number of carbonyl (C=O) groups is 9. The molecular weight excluding hydrogens is 1310 g/mol. The van der Waals surface area contributed by atoms with Crippen LogP contribution < -0.4 is 26.6 Å². The van der Waals surface area contributed by atoms with Gasteiger partial charge in [0.05, 0.1) is 0 Å². The Hall–Kier alpha value is -8.98. The van der Waals surface area contributed by atoms with Gasteiger partial charge >= 0.3 is 29.5 Å². The number of benzene rings is 2. The van der Waals surface area contributed by atoms with Crippen LogP contribution >= 0.6 is 0 Å². The predicted molar refractivity (Wildman–Crippen MR) is 298 cm³/mol. The monoisotopic (exact) mass is 1380 g/mol. The number of halogens is 8. The molecule has 0 radical (unpaired) electrons. The lowest BCUT2D eigenvalue weighted by Gasteiger charge is -2.29. The number of hydrogen-bond donors (Lipinski definition) is 3. The quantitative estimate of drug-likeness (QED) is 0.0115. The first kappa shape index (κ1) is 84.0. The van der Waals surface area contributed by atoms with Crippen molar-refractivity contribution in [2.24, 2.45) is 25.9 Å². The van der Waals surface area contributed by atoms with Crippen LogP contribution in [0.4, 0.5) is 46.5 Å². The summed E-state index contributed by atoms with van der Waals surface area (Å²) in [6, 6.07) is 1.37. The molecule has 0 atom stereocenters. The molecular formula is C49H65F8N13O21Si2-2. The van der Waals surface area contributed by atoms with Gasteiger partial charge < -0.3 is 67.0 Å². The third kappa shape index (κ3) is 27.4. The number of nitrogens with one attached hydrogen (secondary N) is 2. The Morgan fingerprint density at radius 3 is 1.26 bits per heavy atom. The maximum atomic E-state index is 13.7. The fourth-order valence-electron chi connectivity index (χ4n) is 6.46. The number of aliphatic imine (C=N–C) groups is 2. The first-order valence-electron chi connectivity index (χ1n) is 26.2. The van der Waals surface area contributed by atoms with Gasteiger partial charge in [-0.15, -0.1) is 10.1 Å². The summed E-state index contributed by atoms with van der Waals surface area (Å²) in [7, 11) is 4.52. The van der Waals surface area contributed by atoms with E-state index in [0.29, 0.717) is 30.6 Å². The molecule has 2 saturated heterocycles. The van der Waals surface area contributed by atoms with Gasteiger partial charge in [-0.05, 0) is 30.4 Å². The van der Waals surface area contributed by atoms with Crippen molar-refractivity contribution < 1.29 is 134 Å². The van der Waals surface area contributed by atoms with Crippen LogP contribution in [0.2, 0.25) is 12.1 Å². The van der Waals surface area contributed by atoms with Gasteiger partial charge in [0.25, 0.3) is 29.5 Å². The fourth-order valence-corrected chi connectivity index (χ4v) is 9.93. The van der Waals surface area contributed by atoms with Crippen LogP contribution in [-0.4, -0.2) is 174 Å². The summed E-state index contributed by atoms with van der Waals surface area (Å²) in [5.41, 5.74) is 13.5. The van der Waals surface area contributed by atoms with Gasteiger partial charge in [-0.25, -0.2) is 44.7 Å². The smallest absolute Gasteiger partial charge is 0.500 e. The Labute approximate surface area is 525 Å². The number of nitrogens with two attached hydrogens (primary N) is 1. The van der Waals surface area contributed by atoms with E-state index in [1.807, 2.05) is 9.82 Å². The fraction of sp³-hybridized carbons (Fsp3) is 0.531. The standard InChI is InChI=1S/C13H28N2O6Si.C11H4F4N4O4.C11H16N2O6.C8H2F4N4O2.C6H17NO3Si/c1-13(2,3)21-12(17)15-10-11(16)14-8-7-9-22(18-4,19-5)20-6;12-6-5(7(13)9(15)10(8(6)14)17-18-16)11(22)23-19-3(20)1-2-4(19)21;1-11(2,3)18-10(17)12-6-9(16)19-13-7(14)4-5-8(13)15;9-3-2(8(18)14-1-17)4(10)6(12)7(5(3)11)15-16-13;1-8-11(9-2,10-3)6-4-5-7/h7-10H2,1-6H3,(H,14,16)(H,15,17);1-2H2;4-6H2,1-3H3,(H,12,17);1H,(H,14,17,18);4-7H2,1-3H3/p-2. The lowest BCUT2D eigenvalue weighted by Crippen LogP contribution is -2.43. The molecule has 0 bridgehead atoms. The summed E-state index contributed by atoms with van der Waals surface area (Å²) >= 11 is 0. The van der Waals surface area contributed by atoms with E-state index in [-0.39, 0.29) is 49.6 Å².